The zero-order valence-corrected chi connectivity index (χ0v) is 10.6. The molecule has 2 rings (SSSR count). The Morgan fingerprint density at radius 1 is 1.32 bits per heavy atom. The van der Waals surface area contributed by atoms with Crippen LogP contribution in [0.5, 0.6) is 0 Å². The molecule has 3 nitrogen and oxygen atoms in total. The summed E-state index contributed by atoms with van der Waals surface area (Å²) in [7, 11) is 1.82. The van der Waals surface area contributed by atoms with Gasteiger partial charge in [-0.15, -0.1) is 0 Å². The number of nitrogens with zero attached hydrogens (tertiary/aromatic N) is 2. The zero-order valence-electron chi connectivity index (χ0n) is 10.6. The van der Waals surface area contributed by atoms with Gasteiger partial charge in [0.1, 0.15) is 0 Å². The van der Waals surface area contributed by atoms with Gasteiger partial charge in [0, 0.05) is 30.5 Å². The molecular formula is C13H14F3N3. The van der Waals surface area contributed by atoms with E-state index in [1.54, 1.807) is 16.9 Å². The van der Waals surface area contributed by atoms with Crippen molar-refractivity contribution in [2.75, 3.05) is 5.32 Å². The van der Waals surface area contributed by atoms with E-state index in [1.165, 1.54) is 6.07 Å². The second-order valence-electron chi connectivity index (χ2n) is 4.31. The lowest BCUT2D eigenvalue weighted by Gasteiger charge is -2.10. The van der Waals surface area contributed by atoms with E-state index < -0.39 is 11.7 Å². The van der Waals surface area contributed by atoms with Gasteiger partial charge in [-0.2, -0.15) is 18.3 Å². The molecule has 0 aliphatic rings. The van der Waals surface area contributed by atoms with E-state index in [0.717, 1.165) is 23.4 Å². The lowest BCUT2D eigenvalue weighted by Crippen LogP contribution is -2.06. The van der Waals surface area contributed by atoms with Crippen LogP contribution in [0.1, 0.15) is 16.8 Å². The van der Waals surface area contributed by atoms with Gasteiger partial charge in [-0.05, 0) is 25.1 Å². The predicted octanol–water partition coefficient (Wildman–Crippen LogP) is 3.36. The van der Waals surface area contributed by atoms with Crippen LogP contribution in [0.3, 0.4) is 0 Å². The van der Waals surface area contributed by atoms with E-state index in [4.69, 9.17) is 0 Å². The topological polar surface area (TPSA) is 29.9 Å². The minimum Gasteiger partial charge on any atom is -0.381 e. The molecule has 0 atom stereocenters. The van der Waals surface area contributed by atoms with Crippen LogP contribution >= 0.6 is 0 Å². The van der Waals surface area contributed by atoms with Crippen LogP contribution in [0.25, 0.3) is 0 Å². The van der Waals surface area contributed by atoms with Crippen molar-refractivity contribution in [2.24, 2.45) is 7.05 Å². The minimum absolute atomic E-state index is 0.443. The van der Waals surface area contributed by atoms with Crippen molar-refractivity contribution < 1.29 is 13.2 Å². The van der Waals surface area contributed by atoms with E-state index in [-0.39, 0.29) is 0 Å². The van der Waals surface area contributed by atoms with Crippen LogP contribution in [0.2, 0.25) is 0 Å². The first-order chi connectivity index (χ1) is 8.88. The molecule has 102 valence electrons. The summed E-state index contributed by atoms with van der Waals surface area (Å²) in [5.74, 6) is 0. The number of halogens is 3. The number of hydrogen-bond acceptors (Lipinski definition) is 2. The molecule has 0 saturated heterocycles. The third-order valence-electron chi connectivity index (χ3n) is 3.01. The van der Waals surface area contributed by atoms with Crippen molar-refractivity contribution in [3.8, 4) is 0 Å². The Kier molecular flexibility index (Phi) is 3.50. The van der Waals surface area contributed by atoms with Gasteiger partial charge >= 0.3 is 6.18 Å². The molecule has 0 saturated carbocycles. The maximum absolute atomic E-state index is 12.6. The Balaban J connectivity index is 2.10. The fourth-order valence-electron chi connectivity index (χ4n) is 1.72. The smallest absolute Gasteiger partial charge is 0.381 e. The summed E-state index contributed by atoms with van der Waals surface area (Å²) < 4.78 is 39.4. The van der Waals surface area contributed by atoms with E-state index in [2.05, 4.69) is 10.4 Å². The molecule has 0 amide bonds. The largest absolute Gasteiger partial charge is 0.416 e. The lowest BCUT2D eigenvalue weighted by molar-refractivity contribution is -0.137. The van der Waals surface area contributed by atoms with Gasteiger partial charge in [-0.1, -0.05) is 6.07 Å². The Morgan fingerprint density at radius 3 is 2.63 bits per heavy atom. The molecule has 6 heteroatoms. The van der Waals surface area contributed by atoms with Crippen LogP contribution in [-0.4, -0.2) is 9.78 Å². The summed E-state index contributed by atoms with van der Waals surface area (Å²) >= 11 is 0. The van der Waals surface area contributed by atoms with Gasteiger partial charge in [0.25, 0.3) is 0 Å². The summed E-state index contributed by atoms with van der Waals surface area (Å²) in [5, 5.41) is 7.06. The van der Waals surface area contributed by atoms with Gasteiger partial charge in [-0.3, -0.25) is 4.68 Å². The van der Waals surface area contributed by atoms with Gasteiger partial charge in [0.05, 0.1) is 11.8 Å². The second kappa shape index (κ2) is 4.95. The fourth-order valence-corrected chi connectivity index (χ4v) is 1.72. The number of hydrogen-bond donors (Lipinski definition) is 1. The van der Waals surface area contributed by atoms with Crippen molar-refractivity contribution in [1.82, 2.24) is 9.78 Å². The zero-order chi connectivity index (χ0) is 14.0. The van der Waals surface area contributed by atoms with Crippen molar-refractivity contribution in [2.45, 2.75) is 19.6 Å². The SMILES string of the molecule is Cc1c(CNc2cccc(C(F)(F)F)c2)cnn1C. The van der Waals surface area contributed by atoms with Crippen LogP contribution in [-0.2, 0) is 19.8 Å². The molecule has 0 spiro atoms. The maximum atomic E-state index is 12.6. The highest BCUT2D eigenvalue weighted by atomic mass is 19.4. The van der Waals surface area contributed by atoms with Gasteiger partial charge in [0.15, 0.2) is 0 Å². The van der Waals surface area contributed by atoms with Gasteiger partial charge in [-0.25, -0.2) is 0 Å². The third-order valence-corrected chi connectivity index (χ3v) is 3.01. The summed E-state index contributed by atoms with van der Waals surface area (Å²) in [6.07, 6.45) is -2.61. The number of benzene rings is 1. The maximum Gasteiger partial charge on any atom is 0.416 e. The van der Waals surface area contributed by atoms with Crippen LogP contribution < -0.4 is 5.32 Å². The number of aryl methyl sites for hydroxylation is 1. The molecule has 0 unspecified atom stereocenters. The highest BCUT2D eigenvalue weighted by Gasteiger charge is 2.30. The Bertz CT molecular complexity index is 573. The van der Waals surface area contributed by atoms with Crippen LogP contribution in [0.15, 0.2) is 30.5 Å². The monoisotopic (exact) mass is 269 g/mol. The standard InChI is InChI=1S/C13H14F3N3/c1-9-10(8-18-19(9)2)7-17-12-5-3-4-11(6-12)13(14,15)16/h3-6,8,17H,7H2,1-2H3. The molecule has 19 heavy (non-hydrogen) atoms. The molecule has 0 aliphatic heterocycles. The highest BCUT2D eigenvalue weighted by Crippen LogP contribution is 2.30. The van der Waals surface area contributed by atoms with Crippen molar-refractivity contribution >= 4 is 5.69 Å². The molecule has 2 aromatic rings. The summed E-state index contributed by atoms with van der Waals surface area (Å²) in [5.41, 5.74) is 1.73. The van der Waals surface area contributed by atoms with Gasteiger partial charge < -0.3 is 5.32 Å². The van der Waals surface area contributed by atoms with Crippen molar-refractivity contribution in [1.29, 1.82) is 0 Å². The molecule has 0 fully saturated rings. The first-order valence-electron chi connectivity index (χ1n) is 5.76. The minimum atomic E-state index is -4.32. The van der Waals surface area contributed by atoms with Crippen LogP contribution in [0, 0.1) is 6.92 Å². The Labute approximate surface area is 109 Å². The molecule has 1 heterocycles. The quantitative estimate of drug-likeness (QED) is 0.926. The van der Waals surface area contributed by atoms with E-state index in [0.29, 0.717) is 12.2 Å². The number of nitrogens with one attached hydrogen (secondary N) is 1. The van der Waals surface area contributed by atoms with E-state index >= 15 is 0 Å². The van der Waals surface area contributed by atoms with Gasteiger partial charge in [0.2, 0.25) is 0 Å². The molecule has 0 bridgehead atoms. The molecule has 0 aliphatic carbocycles. The highest BCUT2D eigenvalue weighted by molar-refractivity contribution is 5.47. The lowest BCUT2D eigenvalue weighted by atomic mass is 10.2. The first kappa shape index (κ1) is 13.5. The number of rotatable bonds is 3. The summed E-state index contributed by atoms with van der Waals surface area (Å²) in [4.78, 5) is 0. The first-order valence-corrected chi connectivity index (χ1v) is 5.76. The van der Waals surface area contributed by atoms with Crippen molar-refractivity contribution in [3.63, 3.8) is 0 Å². The van der Waals surface area contributed by atoms with Crippen molar-refractivity contribution in [3.05, 3.63) is 47.3 Å². The Hall–Kier alpha value is -1.98. The molecule has 0 radical (unpaired) electrons. The summed E-state index contributed by atoms with van der Waals surface area (Å²) in [6.45, 7) is 2.36. The number of alkyl halides is 3. The fraction of sp³-hybridized carbons (Fsp3) is 0.308. The normalized spacial score (nSPS) is 11.6. The predicted molar refractivity (Wildman–Crippen MR) is 66.7 cm³/mol. The number of anilines is 1. The second-order valence-corrected chi connectivity index (χ2v) is 4.31. The van der Waals surface area contributed by atoms with E-state index in [9.17, 15) is 13.2 Å². The summed E-state index contributed by atoms with van der Waals surface area (Å²) in [6, 6.07) is 5.16. The average Bonchev–Trinajstić information content (AvgIpc) is 2.67. The van der Waals surface area contributed by atoms with E-state index in [1.807, 2.05) is 14.0 Å². The molecule has 1 aromatic heterocycles. The molecular weight excluding hydrogens is 255 g/mol. The van der Waals surface area contributed by atoms with Crippen LogP contribution in [0.4, 0.5) is 18.9 Å². The molecule has 1 N–H and O–H groups in total. The molecule has 1 aromatic carbocycles. The average molecular weight is 269 g/mol. The third kappa shape index (κ3) is 3.07. The number of aromatic nitrogens is 2. The Morgan fingerprint density at radius 2 is 2.05 bits per heavy atom.